The number of hydrogen-bond donors (Lipinski definition) is 1. The van der Waals surface area contributed by atoms with E-state index in [0.717, 1.165) is 16.8 Å². The second-order valence-electron chi connectivity index (χ2n) is 5.33. The third-order valence-corrected chi connectivity index (χ3v) is 3.70. The van der Waals surface area contributed by atoms with Gasteiger partial charge in [0.25, 0.3) is 0 Å². The van der Waals surface area contributed by atoms with Gasteiger partial charge in [0, 0.05) is 18.3 Å². The molecule has 0 unspecified atom stereocenters. The van der Waals surface area contributed by atoms with Crippen LogP contribution in [-0.4, -0.2) is 33.8 Å². The molecule has 0 saturated carbocycles. The van der Waals surface area contributed by atoms with E-state index in [1.807, 2.05) is 30.3 Å². The predicted octanol–water partition coefficient (Wildman–Crippen LogP) is 2.56. The molecule has 1 aromatic carbocycles. The van der Waals surface area contributed by atoms with Gasteiger partial charge in [0.2, 0.25) is 0 Å². The number of rotatable bonds is 5. The lowest BCUT2D eigenvalue weighted by atomic mass is 10.1. The Morgan fingerprint density at radius 1 is 1.40 bits per heavy atom. The van der Waals surface area contributed by atoms with E-state index in [1.165, 1.54) is 6.20 Å². The van der Waals surface area contributed by atoms with Crippen molar-refractivity contribution in [3.63, 3.8) is 0 Å². The molecule has 3 rings (SSSR count). The lowest BCUT2D eigenvalue weighted by Gasteiger charge is -2.08. The van der Waals surface area contributed by atoms with Crippen molar-refractivity contribution in [2.75, 3.05) is 13.2 Å². The van der Waals surface area contributed by atoms with E-state index in [1.54, 1.807) is 17.6 Å². The number of nitrogens with one attached hydrogen (secondary N) is 1. The Morgan fingerprint density at radius 2 is 2.28 bits per heavy atom. The number of aromatic nitrogens is 3. The van der Waals surface area contributed by atoms with Crippen LogP contribution in [0.1, 0.15) is 18.1 Å². The summed E-state index contributed by atoms with van der Waals surface area (Å²) in [5.41, 5.74) is 3.87. The molecule has 0 fully saturated rings. The van der Waals surface area contributed by atoms with Crippen LogP contribution in [0.25, 0.3) is 16.9 Å². The van der Waals surface area contributed by atoms with Crippen LogP contribution < -0.4 is 5.32 Å². The van der Waals surface area contributed by atoms with E-state index in [0.29, 0.717) is 30.8 Å². The lowest BCUT2D eigenvalue weighted by Crippen LogP contribution is -2.26. The van der Waals surface area contributed by atoms with E-state index in [9.17, 15) is 4.79 Å². The fourth-order valence-electron chi connectivity index (χ4n) is 2.57. The maximum absolute atomic E-state index is 11.3. The van der Waals surface area contributed by atoms with Crippen molar-refractivity contribution in [1.82, 2.24) is 19.9 Å². The minimum absolute atomic E-state index is 0.355. The zero-order valence-electron chi connectivity index (χ0n) is 13.8. The molecule has 0 aliphatic rings. The first-order valence-electron chi connectivity index (χ1n) is 7.95. The summed E-state index contributed by atoms with van der Waals surface area (Å²) in [5.74, 6) is 0. The maximum atomic E-state index is 11.3. The van der Waals surface area contributed by atoms with Gasteiger partial charge in [-0.2, -0.15) is 10.4 Å². The Morgan fingerprint density at radius 3 is 3.08 bits per heavy atom. The van der Waals surface area contributed by atoms with Crippen LogP contribution in [0, 0.1) is 11.3 Å². The molecular weight excluding hydrogens is 318 g/mol. The molecule has 0 aliphatic carbocycles. The smallest absolute Gasteiger partial charge is 0.407 e. The van der Waals surface area contributed by atoms with Crippen molar-refractivity contribution in [1.29, 1.82) is 5.26 Å². The normalized spacial score (nSPS) is 10.4. The topological polar surface area (TPSA) is 92.3 Å². The summed E-state index contributed by atoms with van der Waals surface area (Å²) in [6.45, 7) is 2.62. The van der Waals surface area contributed by atoms with Crippen LogP contribution in [0.5, 0.6) is 0 Å². The summed E-state index contributed by atoms with van der Waals surface area (Å²) >= 11 is 0. The van der Waals surface area contributed by atoms with Gasteiger partial charge in [-0.1, -0.05) is 18.2 Å². The highest BCUT2D eigenvalue weighted by molar-refractivity contribution is 5.67. The average Bonchev–Trinajstić information content (AvgIpc) is 3.05. The van der Waals surface area contributed by atoms with Crippen molar-refractivity contribution in [3.05, 3.63) is 53.9 Å². The molecule has 1 amide bonds. The molecule has 2 heterocycles. The molecule has 0 aliphatic heterocycles. The molecule has 25 heavy (non-hydrogen) atoms. The van der Waals surface area contributed by atoms with Crippen molar-refractivity contribution in [3.8, 4) is 17.3 Å². The van der Waals surface area contributed by atoms with Crippen LogP contribution in [0.15, 0.2) is 42.7 Å². The standard InChI is InChI=1S/C18H17N5O2/c1-2-25-18(24)21-8-6-13-4-3-5-14(10-13)16-7-9-20-17-15(11-19)12-22-23(16)17/h3-5,7,9-10,12H,2,6,8H2,1H3,(H,21,24). The van der Waals surface area contributed by atoms with Crippen molar-refractivity contribution in [2.45, 2.75) is 13.3 Å². The number of nitriles is 1. The zero-order valence-corrected chi connectivity index (χ0v) is 13.8. The molecule has 2 aromatic heterocycles. The van der Waals surface area contributed by atoms with E-state index < -0.39 is 6.09 Å². The van der Waals surface area contributed by atoms with Crippen molar-refractivity contribution < 1.29 is 9.53 Å². The predicted molar refractivity (Wildman–Crippen MR) is 91.9 cm³/mol. The second kappa shape index (κ2) is 7.45. The van der Waals surface area contributed by atoms with Gasteiger partial charge in [-0.3, -0.25) is 0 Å². The molecule has 7 nitrogen and oxygen atoms in total. The molecule has 0 radical (unpaired) electrons. The van der Waals surface area contributed by atoms with E-state index >= 15 is 0 Å². The van der Waals surface area contributed by atoms with Gasteiger partial charge in [0.05, 0.1) is 18.5 Å². The summed E-state index contributed by atoms with van der Waals surface area (Å²) in [7, 11) is 0. The number of nitrogens with zero attached hydrogens (tertiary/aromatic N) is 4. The van der Waals surface area contributed by atoms with Gasteiger partial charge in [-0.25, -0.2) is 14.3 Å². The van der Waals surface area contributed by atoms with E-state index in [2.05, 4.69) is 21.5 Å². The number of alkyl carbamates (subject to hydrolysis) is 1. The van der Waals surface area contributed by atoms with Gasteiger partial charge < -0.3 is 10.1 Å². The largest absolute Gasteiger partial charge is 0.450 e. The van der Waals surface area contributed by atoms with Gasteiger partial charge >= 0.3 is 6.09 Å². The fraction of sp³-hybridized carbons (Fsp3) is 0.222. The average molecular weight is 335 g/mol. The quantitative estimate of drug-likeness (QED) is 0.773. The second-order valence-corrected chi connectivity index (χ2v) is 5.33. The van der Waals surface area contributed by atoms with Crippen LogP contribution in [0.3, 0.4) is 0 Å². The van der Waals surface area contributed by atoms with Gasteiger partial charge in [0.1, 0.15) is 11.6 Å². The Kier molecular flexibility index (Phi) is 4.90. The number of ether oxygens (including phenoxy) is 1. The first kappa shape index (κ1) is 16.5. The summed E-state index contributed by atoms with van der Waals surface area (Å²) in [4.78, 5) is 15.5. The number of amides is 1. The molecule has 1 N–H and O–H groups in total. The molecule has 126 valence electrons. The first-order valence-corrected chi connectivity index (χ1v) is 7.95. The van der Waals surface area contributed by atoms with Crippen molar-refractivity contribution in [2.24, 2.45) is 0 Å². The number of carbonyl (C=O) groups excluding carboxylic acids is 1. The summed E-state index contributed by atoms with van der Waals surface area (Å²) in [6.07, 6.45) is 3.46. The zero-order chi connectivity index (χ0) is 17.6. The molecule has 0 bridgehead atoms. The Bertz CT molecular complexity index is 942. The fourth-order valence-corrected chi connectivity index (χ4v) is 2.57. The molecular formula is C18H17N5O2. The van der Waals surface area contributed by atoms with Gasteiger partial charge in [-0.05, 0) is 31.0 Å². The van der Waals surface area contributed by atoms with Gasteiger partial charge in [-0.15, -0.1) is 0 Å². The van der Waals surface area contributed by atoms with Crippen LogP contribution in [0.2, 0.25) is 0 Å². The third kappa shape index (κ3) is 3.58. The number of fused-ring (bicyclic) bond motifs is 1. The Labute approximate surface area is 144 Å². The minimum atomic E-state index is -0.407. The number of carbonyl (C=O) groups is 1. The van der Waals surface area contributed by atoms with E-state index in [4.69, 9.17) is 10.00 Å². The number of benzene rings is 1. The summed E-state index contributed by atoms with van der Waals surface area (Å²) < 4.78 is 6.50. The highest BCUT2D eigenvalue weighted by Gasteiger charge is 2.10. The third-order valence-electron chi connectivity index (χ3n) is 3.70. The highest BCUT2D eigenvalue weighted by Crippen LogP contribution is 2.22. The molecule has 7 heteroatoms. The monoisotopic (exact) mass is 335 g/mol. The van der Waals surface area contributed by atoms with Crippen LogP contribution >= 0.6 is 0 Å². The van der Waals surface area contributed by atoms with Crippen molar-refractivity contribution >= 4 is 11.7 Å². The SMILES string of the molecule is CCOC(=O)NCCc1cccc(-c2ccnc3c(C#N)cnn23)c1. The Hall–Kier alpha value is -3.40. The number of hydrogen-bond acceptors (Lipinski definition) is 5. The molecule has 0 saturated heterocycles. The maximum Gasteiger partial charge on any atom is 0.407 e. The summed E-state index contributed by atoms with van der Waals surface area (Å²) in [5, 5.41) is 16.1. The molecule has 0 spiro atoms. The highest BCUT2D eigenvalue weighted by atomic mass is 16.5. The van der Waals surface area contributed by atoms with E-state index in [-0.39, 0.29) is 0 Å². The minimum Gasteiger partial charge on any atom is -0.450 e. The summed E-state index contributed by atoms with van der Waals surface area (Å²) in [6, 6.07) is 11.9. The molecule has 3 aromatic rings. The van der Waals surface area contributed by atoms with Gasteiger partial charge in [0.15, 0.2) is 5.65 Å². The molecule has 0 atom stereocenters. The lowest BCUT2D eigenvalue weighted by molar-refractivity contribution is 0.152. The first-order chi connectivity index (χ1) is 12.2. The van der Waals surface area contributed by atoms with Crippen LogP contribution in [-0.2, 0) is 11.2 Å². The Balaban J connectivity index is 1.81. The van der Waals surface area contributed by atoms with Crippen LogP contribution in [0.4, 0.5) is 4.79 Å².